The van der Waals surface area contributed by atoms with Gasteiger partial charge in [-0.15, -0.1) is 0 Å². The summed E-state index contributed by atoms with van der Waals surface area (Å²) >= 11 is 0. The number of nitrogens with zero attached hydrogens (tertiary/aromatic N) is 3. The van der Waals surface area contributed by atoms with Gasteiger partial charge in [-0.2, -0.15) is 4.31 Å². The molecule has 0 radical (unpaired) electrons. The van der Waals surface area contributed by atoms with Crippen molar-refractivity contribution in [2.45, 2.75) is 17.9 Å². The number of hydrogen-bond acceptors (Lipinski definition) is 6. The van der Waals surface area contributed by atoms with Gasteiger partial charge in [-0.1, -0.05) is 18.2 Å². The zero-order valence-electron chi connectivity index (χ0n) is 15.7. The SMILES string of the molecule is COc1ccc(CN2CCCN(S(=O)(=O)c3cccc([N+](=O)[O-])c3)CC2)cc1. The maximum atomic E-state index is 12.9. The van der Waals surface area contributed by atoms with Crippen LogP contribution in [0.1, 0.15) is 12.0 Å². The summed E-state index contributed by atoms with van der Waals surface area (Å²) < 4.78 is 32.4. The van der Waals surface area contributed by atoms with E-state index in [-0.39, 0.29) is 10.6 Å². The number of methoxy groups -OCH3 is 1. The van der Waals surface area contributed by atoms with Crippen LogP contribution < -0.4 is 4.74 Å². The normalized spacial score (nSPS) is 16.5. The predicted octanol–water partition coefficient (Wildman–Crippen LogP) is 2.50. The molecule has 150 valence electrons. The largest absolute Gasteiger partial charge is 0.497 e. The van der Waals surface area contributed by atoms with Crippen molar-refractivity contribution in [3.05, 3.63) is 64.2 Å². The first-order valence-corrected chi connectivity index (χ1v) is 10.4. The summed E-state index contributed by atoms with van der Waals surface area (Å²) in [5.41, 5.74) is 0.910. The molecule has 28 heavy (non-hydrogen) atoms. The Morgan fingerprint density at radius 3 is 2.50 bits per heavy atom. The molecule has 0 amide bonds. The second-order valence-electron chi connectivity index (χ2n) is 6.64. The smallest absolute Gasteiger partial charge is 0.270 e. The molecule has 8 nitrogen and oxygen atoms in total. The molecule has 1 aliphatic rings. The van der Waals surface area contributed by atoms with Crippen LogP contribution in [-0.4, -0.2) is 55.8 Å². The lowest BCUT2D eigenvalue weighted by Gasteiger charge is -2.22. The number of non-ortho nitro benzene ring substituents is 1. The molecule has 0 unspecified atom stereocenters. The Morgan fingerprint density at radius 2 is 1.82 bits per heavy atom. The van der Waals surface area contributed by atoms with E-state index < -0.39 is 14.9 Å². The number of nitro benzene ring substituents is 1. The Morgan fingerprint density at radius 1 is 1.07 bits per heavy atom. The molecule has 0 aromatic heterocycles. The van der Waals surface area contributed by atoms with Crippen molar-refractivity contribution >= 4 is 15.7 Å². The monoisotopic (exact) mass is 405 g/mol. The minimum Gasteiger partial charge on any atom is -0.497 e. The second-order valence-corrected chi connectivity index (χ2v) is 8.57. The first-order chi connectivity index (χ1) is 13.4. The van der Waals surface area contributed by atoms with E-state index in [1.807, 2.05) is 24.3 Å². The van der Waals surface area contributed by atoms with Gasteiger partial charge in [0, 0.05) is 38.3 Å². The summed E-state index contributed by atoms with van der Waals surface area (Å²) in [5, 5.41) is 11.0. The summed E-state index contributed by atoms with van der Waals surface area (Å²) in [6.45, 7) is 2.85. The lowest BCUT2D eigenvalue weighted by molar-refractivity contribution is -0.385. The molecule has 0 aliphatic carbocycles. The van der Waals surface area contributed by atoms with Gasteiger partial charge in [-0.05, 0) is 36.7 Å². The number of nitro groups is 1. The molecule has 1 fully saturated rings. The van der Waals surface area contributed by atoms with Crippen molar-refractivity contribution in [2.75, 3.05) is 33.3 Å². The molecular formula is C19H23N3O5S. The van der Waals surface area contributed by atoms with E-state index in [1.54, 1.807) is 7.11 Å². The summed E-state index contributed by atoms with van der Waals surface area (Å²) in [6.07, 6.45) is 0.699. The fourth-order valence-electron chi connectivity index (χ4n) is 3.24. The van der Waals surface area contributed by atoms with Gasteiger partial charge in [0.25, 0.3) is 5.69 Å². The number of rotatable bonds is 6. The van der Waals surface area contributed by atoms with Crippen LogP contribution in [0, 0.1) is 10.1 Å². The number of ether oxygens (including phenoxy) is 1. The summed E-state index contributed by atoms with van der Waals surface area (Å²) in [6, 6.07) is 13.0. The molecule has 0 atom stereocenters. The Hall–Kier alpha value is -2.49. The van der Waals surface area contributed by atoms with Crippen molar-refractivity contribution in [3.8, 4) is 5.75 Å². The van der Waals surface area contributed by atoms with E-state index in [2.05, 4.69) is 4.90 Å². The highest BCUT2D eigenvalue weighted by Crippen LogP contribution is 2.22. The van der Waals surface area contributed by atoms with Gasteiger partial charge in [0.1, 0.15) is 5.75 Å². The first-order valence-electron chi connectivity index (χ1n) is 9.00. The third-order valence-corrected chi connectivity index (χ3v) is 6.67. The zero-order chi connectivity index (χ0) is 20.1. The standard InChI is InChI=1S/C19H23N3O5S/c1-27-18-8-6-16(7-9-18)15-20-10-3-11-21(13-12-20)28(25,26)19-5-2-4-17(14-19)22(23)24/h2,4-9,14H,3,10-13,15H2,1H3. The number of sulfonamides is 1. The lowest BCUT2D eigenvalue weighted by atomic mass is 10.2. The molecule has 3 rings (SSSR count). The van der Waals surface area contributed by atoms with Crippen LogP contribution in [0.25, 0.3) is 0 Å². The molecule has 1 aliphatic heterocycles. The van der Waals surface area contributed by atoms with Gasteiger partial charge in [0.05, 0.1) is 16.9 Å². The van der Waals surface area contributed by atoms with E-state index in [0.29, 0.717) is 26.1 Å². The third-order valence-electron chi connectivity index (χ3n) is 4.78. The van der Waals surface area contributed by atoms with Gasteiger partial charge in [0.15, 0.2) is 0 Å². The Labute approximate surface area is 164 Å². The minimum absolute atomic E-state index is 0.0368. The fourth-order valence-corrected chi connectivity index (χ4v) is 4.75. The summed E-state index contributed by atoms with van der Waals surface area (Å²) in [5.74, 6) is 0.800. The predicted molar refractivity (Wildman–Crippen MR) is 105 cm³/mol. The van der Waals surface area contributed by atoms with E-state index >= 15 is 0 Å². The molecule has 1 heterocycles. The summed E-state index contributed by atoms with van der Waals surface area (Å²) in [4.78, 5) is 12.5. The lowest BCUT2D eigenvalue weighted by Crippen LogP contribution is -2.35. The van der Waals surface area contributed by atoms with Crippen LogP contribution in [0.5, 0.6) is 5.75 Å². The second kappa shape index (κ2) is 8.68. The Kier molecular flexibility index (Phi) is 6.28. The van der Waals surface area contributed by atoms with Crippen molar-refractivity contribution in [3.63, 3.8) is 0 Å². The number of benzene rings is 2. The maximum absolute atomic E-state index is 12.9. The van der Waals surface area contributed by atoms with E-state index in [4.69, 9.17) is 4.74 Å². The zero-order valence-corrected chi connectivity index (χ0v) is 16.5. The molecule has 1 saturated heterocycles. The molecule has 9 heteroatoms. The van der Waals surface area contributed by atoms with E-state index in [9.17, 15) is 18.5 Å². The topological polar surface area (TPSA) is 93.0 Å². The van der Waals surface area contributed by atoms with Crippen LogP contribution in [0.2, 0.25) is 0 Å². The maximum Gasteiger partial charge on any atom is 0.270 e. The molecular weight excluding hydrogens is 382 g/mol. The number of hydrogen-bond donors (Lipinski definition) is 0. The highest BCUT2D eigenvalue weighted by Gasteiger charge is 2.28. The van der Waals surface area contributed by atoms with Crippen LogP contribution in [0.4, 0.5) is 5.69 Å². The first kappa shape index (κ1) is 20.2. The highest BCUT2D eigenvalue weighted by atomic mass is 32.2. The third kappa shape index (κ3) is 4.67. The highest BCUT2D eigenvalue weighted by molar-refractivity contribution is 7.89. The Balaban J connectivity index is 1.68. The van der Waals surface area contributed by atoms with Crippen molar-refractivity contribution in [1.29, 1.82) is 0 Å². The molecule has 0 bridgehead atoms. The van der Waals surface area contributed by atoms with E-state index in [0.717, 1.165) is 30.5 Å². The van der Waals surface area contributed by atoms with Crippen LogP contribution in [0.15, 0.2) is 53.4 Å². The van der Waals surface area contributed by atoms with Crippen molar-refractivity contribution in [1.82, 2.24) is 9.21 Å². The van der Waals surface area contributed by atoms with Crippen LogP contribution >= 0.6 is 0 Å². The van der Waals surface area contributed by atoms with Crippen molar-refractivity contribution < 1.29 is 18.1 Å². The summed E-state index contributed by atoms with van der Waals surface area (Å²) in [7, 11) is -2.14. The van der Waals surface area contributed by atoms with E-state index in [1.165, 1.54) is 22.5 Å². The Bertz CT molecular complexity index is 931. The van der Waals surface area contributed by atoms with Gasteiger partial charge < -0.3 is 4.74 Å². The van der Waals surface area contributed by atoms with Crippen molar-refractivity contribution in [2.24, 2.45) is 0 Å². The van der Waals surface area contributed by atoms with Gasteiger partial charge in [-0.25, -0.2) is 8.42 Å². The molecule has 2 aromatic carbocycles. The fraction of sp³-hybridized carbons (Fsp3) is 0.368. The van der Waals surface area contributed by atoms with Crippen LogP contribution in [-0.2, 0) is 16.6 Å². The molecule has 0 spiro atoms. The van der Waals surface area contributed by atoms with Gasteiger partial charge in [-0.3, -0.25) is 15.0 Å². The average Bonchev–Trinajstić information content (AvgIpc) is 2.95. The molecule has 2 aromatic rings. The van der Waals surface area contributed by atoms with Crippen LogP contribution in [0.3, 0.4) is 0 Å². The van der Waals surface area contributed by atoms with Gasteiger partial charge in [0.2, 0.25) is 10.0 Å². The quantitative estimate of drug-likeness (QED) is 0.542. The van der Waals surface area contributed by atoms with Gasteiger partial charge >= 0.3 is 0 Å². The molecule has 0 N–H and O–H groups in total. The molecule has 0 saturated carbocycles. The average molecular weight is 405 g/mol. The minimum atomic E-state index is -3.76.